The number of halogens is 1. The van der Waals surface area contributed by atoms with Crippen molar-refractivity contribution in [2.45, 2.75) is 45.7 Å². The van der Waals surface area contributed by atoms with Crippen LogP contribution in [0.3, 0.4) is 0 Å². The fourth-order valence-electron chi connectivity index (χ4n) is 8.48. The maximum atomic E-state index is 16.9. The molecular formula is C43H45FN8O3. The lowest BCUT2D eigenvalue weighted by atomic mass is 9.93. The number of piperazine rings is 1. The molecule has 282 valence electrons. The van der Waals surface area contributed by atoms with Crippen LogP contribution in [0.5, 0.6) is 5.75 Å². The van der Waals surface area contributed by atoms with Gasteiger partial charge in [-0.1, -0.05) is 47.7 Å². The van der Waals surface area contributed by atoms with Crippen molar-refractivity contribution in [2.24, 2.45) is 5.92 Å². The van der Waals surface area contributed by atoms with E-state index < -0.39 is 5.82 Å². The van der Waals surface area contributed by atoms with Crippen molar-refractivity contribution in [3.63, 3.8) is 0 Å². The summed E-state index contributed by atoms with van der Waals surface area (Å²) >= 11 is 0. The first kappa shape index (κ1) is 34.8. The van der Waals surface area contributed by atoms with Gasteiger partial charge in [-0.2, -0.15) is 0 Å². The third-order valence-corrected chi connectivity index (χ3v) is 11.6. The topological polar surface area (TPSA) is 105 Å². The number of aryl methyl sites for hydroxylation is 2. The molecule has 1 saturated heterocycles. The highest BCUT2D eigenvalue weighted by atomic mass is 19.1. The molecule has 3 aromatic heterocycles. The Hall–Kier alpha value is -5.91. The molecule has 1 aliphatic carbocycles. The van der Waals surface area contributed by atoms with E-state index in [0.717, 1.165) is 29.2 Å². The summed E-state index contributed by atoms with van der Waals surface area (Å²) in [6.07, 6.45) is 8.75. The lowest BCUT2D eigenvalue weighted by Gasteiger charge is -2.37. The summed E-state index contributed by atoms with van der Waals surface area (Å²) in [4.78, 5) is 36.8. The fourth-order valence-corrected chi connectivity index (χ4v) is 8.48. The average Bonchev–Trinajstić information content (AvgIpc) is 3.56. The minimum Gasteiger partial charge on any atom is -0.496 e. The summed E-state index contributed by atoms with van der Waals surface area (Å²) in [7, 11) is 1.62. The van der Waals surface area contributed by atoms with Gasteiger partial charge in [-0.25, -0.2) is 4.39 Å². The van der Waals surface area contributed by atoms with Crippen molar-refractivity contribution in [1.29, 1.82) is 0 Å². The number of amides is 2. The smallest absolute Gasteiger partial charge is 0.270 e. The Labute approximate surface area is 318 Å². The van der Waals surface area contributed by atoms with Crippen LogP contribution in [-0.2, 0) is 17.9 Å². The number of H-pyrrole nitrogens is 1. The molecule has 2 fully saturated rings. The first-order valence-corrected chi connectivity index (χ1v) is 19.3. The number of hydrogen-bond donors (Lipinski definition) is 1. The number of ether oxygens (including phenoxy) is 1. The van der Waals surface area contributed by atoms with E-state index in [1.165, 1.54) is 35.1 Å². The summed E-state index contributed by atoms with van der Waals surface area (Å²) in [5.41, 5.74) is 5.83. The molecule has 3 aliphatic rings. The molecule has 0 radical (unpaired) electrons. The number of benzene rings is 3. The highest BCUT2D eigenvalue weighted by molar-refractivity contribution is 6.05. The van der Waals surface area contributed by atoms with Crippen LogP contribution in [0.25, 0.3) is 38.5 Å². The number of rotatable bonds is 10. The zero-order valence-corrected chi connectivity index (χ0v) is 31.3. The first-order valence-electron chi connectivity index (χ1n) is 19.3. The van der Waals surface area contributed by atoms with Crippen LogP contribution in [0.2, 0.25) is 0 Å². The van der Waals surface area contributed by atoms with Gasteiger partial charge in [0.25, 0.3) is 5.91 Å². The Bertz CT molecular complexity index is 2430. The van der Waals surface area contributed by atoms with Crippen molar-refractivity contribution < 1.29 is 18.7 Å². The Morgan fingerprint density at radius 2 is 1.73 bits per heavy atom. The second-order valence-corrected chi connectivity index (χ2v) is 15.0. The summed E-state index contributed by atoms with van der Waals surface area (Å²) in [6, 6.07) is 19.9. The average molecular weight is 741 g/mol. The van der Waals surface area contributed by atoms with Crippen molar-refractivity contribution >= 4 is 45.0 Å². The number of aromatic amines is 1. The minimum atomic E-state index is -0.445. The number of nitrogens with one attached hydrogen (secondary N) is 1. The minimum absolute atomic E-state index is 0.0278. The van der Waals surface area contributed by atoms with Crippen molar-refractivity contribution in [3.05, 3.63) is 102 Å². The molecule has 0 bridgehead atoms. The van der Waals surface area contributed by atoms with E-state index in [2.05, 4.69) is 56.0 Å². The number of methoxy groups -OCH3 is 1. The van der Waals surface area contributed by atoms with E-state index >= 15 is 4.39 Å². The maximum absolute atomic E-state index is 16.9. The molecule has 5 heterocycles. The Balaban J connectivity index is 1.00. The number of aromatic nitrogens is 5. The molecule has 9 rings (SSSR count). The summed E-state index contributed by atoms with van der Waals surface area (Å²) in [5, 5.41) is 9.67. The van der Waals surface area contributed by atoms with Gasteiger partial charge in [-0.05, 0) is 73.1 Å². The summed E-state index contributed by atoms with van der Waals surface area (Å²) < 4.78 is 26.7. The monoisotopic (exact) mass is 740 g/mol. The summed E-state index contributed by atoms with van der Waals surface area (Å²) in [5.74, 6) is 2.00. The lowest BCUT2D eigenvalue weighted by Crippen LogP contribution is -2.49. The van der Waals surface area contributed by atoms with Gasteiger partial charge in [0.05, 0.1) is 25.4 Å². The molecular weight excluding hydrogens is 696 g/mol. The quantitative estimate of drug-likeness (QED) is 0.164. The van der Waals surface area contributed by atoms with E-state index in [4.69, 9.17) is 4.74 Å². The van der Waals surface area contributed by atoms with Crippen LogP contribution in [0, 0.1) is 18.7 Å². The predicted molar refractivity (Wildman–Crippen MR) is 212 cm³/mol. The molecule has 2 amide bonds. The number of hydrogen-bond acceptors (Lipinski definition) is 6. The molecule has 11 nitrogen and oxygen atoms in total. The standard InChI is InChI=1S/C43H45FN8O3/c1-28-31-9-3-5-11-37(31)52(26-29-13-14-29)42(28)48-20-22-49(23-21-48)43(54)36-25-35-34(32-10-4-6-12-38(32)55-2)24-33(40(44)41(35)46-36)30-8-7-17-50(27-30)39(53)15-18-51-19-16-45-47-51/h3-6,8-12,16,19,24-25,29,46H,7,13-15,17-18,20-23,26-27H2,1-2H3. The van der Waals surface area contributed by atoms with E-state index in [1.54, 1.807) is 35.2 Å². The maximum Gasteiger partial charge on any atom is 0.270 e. The van der Waals surface area contributed by atoms with Crippen molar-refractivity contribution in [3.8, 4) is 16.9 Å². The number of carbonyl (C=O) groups is 2. The first-order chi connectivity index (χ1) is 26.9. The molecule has 3 aromatic carbocycles. The Morgan fingerprint density at radius 3 is 2.51 bits per heavy atom. The zero-order valence-electron chi connectivity index (χ0n) is 31.3. The van der Waals surface area contributed by atoms with Crippen LogP contribution >= 0.6 is 0 Å². The second kappa shape index (κ2) is 14.4. The highest BCUT2D eigenvalue weighted by Gasteiger charge is 2.31. The Kier molecular flexibility index (Phi) is 9.11. The second-order valence-electron chi connectivity index (χ2n) is 15.0. The van der Waals surface area contributed by atoms with Gasteiger partial charge in [0.2, 0.25) is 5.91 Å². The van der Waals surface area contributed by atoms with E-state index in [1.807, 2.05) is 41.3 Å². The van der Waals surface area contributed by atoms with Gasteiger partial charge in [0.15, 0.2) is 5.82 Å². The van der Waals surface area contributed by atoms with Gasteiger partial charge in [0.1, 0.15) is 17.3 Å². The SMILES string of the molecule is COc1ccccc1-c1cc(C2=CCCN(C(=O)CCn3ccnn3)C2)c(F)c2[nH]c(C(=O)N3CCN(c4c(C)c5ccccc5n4CC4CC4)CC3)cc12. The Morgan fingerprint density at radius 1 is 0.927 bits per heavy atom. The predicted octanol–water partition coefficient (Wildman–Crippen LogP) is 6.92. The molecule has 1 N–H and O–H groups in total. The number of fused-ring (bicyclic) bond motifs is 2. The van der Waals surface area contributed by atoms with Gasteiger partial charge in [-0.3, -0.25) is 14.3 Å². The molecule has 12 heteroatoms. The number of carbonyl (C=O) groups excluding carboxylic acids is 2. The number of anilines is 1. The van der Waals surface area contributed by atoms with Gasteiger partial charge < -0.3 is 29.0 Å². The highest BCUT2D eigenvalue weighted by Crippen LogP contribution is 2.41. The van der Waals surface area contributed by atoms with Gasteiger partial charge >= 0.3 is 0 Å². The largest absolute Gasteiger partial charge is 0.496 e. The molecule has 1 saturated carbocycles. The molecule has 55 heavy (non-hydrogen) atoms. The van der Waals surface area contributed by atoms with Crippen LogP contribution in [0.4, 0.5) is 10.2 Å². The number of para-hydroxylation sites is 2. The molecule has 2 aliphatic heterocycles. The van der Waals surface area contributed by atoms with E-state index in [9.17, 15) is 9.59 Å². The van der Waals surface area contributed by atoms with E-state index in [0.29, 0.717) is 68.1 Å². The fraction of sp³-hybridized carbons (Fsp3) is 0.349. The van der Waals surface area contributed by atoms with Crippen molar-refractivity contribution in [2.75, 3.05) is 51.3 Å². The van der Waals surface area contributed by atoms with Crippen LogP contribution in [-0.4, -0.2) is 92.5 Å². The van der Waals surface area contributed by atoms with Crippen LogP contribution < -0.4 is 9.64 Å². The van der Waals surface area contributed by atoms with E-state index in [-0.39, 0.29) is 30.3 Å². The van der Waals surface area contributed by atoms with Crippen LogP contribution in [0.15, 0.2) is 79.1 Å². The van der Waals surface area contributed by atoms with Gasteiger partial charge in [0, 0.05) is 85.8 Å². The van der Waals surface area contributed by atoms with Crippen molar-refractivity contribution in [1.82, 2.24) is 34.3 Å². The molecule has 0 spiro atoms. The zero-order chi connectivity index (χ0) is 37.6. The van der Waals surface area contributed by atoms with Crippen LogP contribution in [0.1, 0.15) is 47.3 Å². The van der Waals surface area contributed by atoms with Gasteiger partial charge in [-0.15, -0.1) is 5.10 Å². The molecule has 6 aromatic rings. The lowest BCUT2D eigenvalue weighted by molar-refractivity contribution is -0.131. The summed E-state index contributed by atoms with van der Waals surface area (Å²) in [6.45, 7) is 7.02. The third-order valence-electron chi connectivity index (χ3n) is 11.6. The molecule has 0 unspecified atom stereocenters. The number of nitrogens with zero attached hydrogens (tertiary/aromatic N) is 7. The third kappa shape index (κ3) is 6.53. The molecule has 0 atom stereocenters. The normalized spacial score (nSPS) is 16.3.